The fourth-order valence-corrected chi connectivity index (χ4v) is 6.58. The van der Waals surface area contributed by atoms with Crippen molar-refractivity contribution < 1.29 is 35.7 Å². The summed E-state index contributed by atoms with van der Waals surface area (Å²) in [6, 6.07) is 13.8. The number of likely N-dealkylation sites (tertiary alicyclic amines) is 1. The van der Waals surface area contributed by atoms with E-state index in [0.717, 1.165) is 5.69 Å². The Balaban J connectivity index is 1.34. The number of sulfonamides is 1. The first-order chi connectivity index (χ1) is 21.9. The zero-order chi connectivity index (χ0) is 33.6. The Morgan fingerprint density at radius 1 is 0.913 bits per heavy atom. The number of carbonyl (C=O) groups excluding carboxylic acids is 2. The quantitative estimate of drug-likeness (QED) is 0.0875. The molecule has 1 amide bonds. The third kappa shape index (κ3) is 12.2. The first-order valence-corrected chi connectivity index (χ1v) is 17.5. The number of rotatable bonds is 18. The maximum Gasteiger partial charge on any atom is 0.306 e. The number of aliphatic carboxylic acids is 1. The number of carboxylic acid groups (broad SMARTS) is 1. The number of amides is 1. The van der Waals surface area contributed by atoms with Crippen molar-refractivity contribution in [1.82, 2.24) is 9.62 Å². The van der Waals surface area contributed by atoms with Gasteiger partial charge in [0.15, 0.2) is 0 Å². The van der Waals surface area contributed by atoms with Gasteiger partial charge in [-0.2, -0.15) is 10.2 Å². The number of halogens is 1. The molecule has 1 aliphatic heterocycles. The van der Waals surface area contributed by atoms with Crippen LogP contribution in [-0.2, 0) is 32.2 Å². The molecule has 1 aliphatic rings. The van der Waals surface area contributed by atoms with Crippen molar-refractivity contribution >= 4 is 67.9 Å². The van der Waals surface area contributed by atoms with Crippen LogP contribution in [0.25, 0.3) is 0 Å². The summed E-state index contributed by atoms with van der Waals surface area (Å²) in [5.41, 5.74) is 1.86. The number of ether oxygens (including phenoxy) is 1. The third-order valence-corrected chi connectivity index (χ3v) is 9.56. The van der Waals surface area contributed by atoms with E-state index in [0.29, 0.717) is 69.6 Å². The maximum atomic E-state index is 12.8. The Labute approximate surface area is 284 Å². The first-order valence-electron chi connectivity index (χ1n) is 15.1. The lowest BCUT2D eigenvalue weighted by atomic mass is 9.80. The fourth-order valence-electron chi connectivity index (χ4n) is 4.84. The van der Waals surface area contributed by atoms with Crippen LogP contribution in [0.15, 0.2) is 63.7 Å². The summed E-state index contributed by atoms with van der Waals surface area (Å²) in [4.78, 5) is 39.3. The molecule has 0 bridgehead atoms. The monoisotopic (exact) mass is 771 g/mol. The van der Waals surface area contributed by atoms with Crippen molar-refractivity contribution in [1.29, 1.82) is 0 Å². The van der Waals surface area contributed by atoms with Gasteiger partial charge >= 0.3 is 11.9 Å². The van der Waals surface area contributed by atoms with Gasteiger partial charge in [-0.1, -0.05) is 6.42 Å². The number of hydrogen-bond donors (Lipinski definition) is 2. The summed E-state index contributed by atoms with van der Waals surface area (Å²) in [6.45, 7) is 1.76. The molecule has 15 heteroatoms. The maximum absolute atomic E-state index is 12.8. The van der Waals surface area contributed by atoms with Crippen LogP contribution in [0.3, 0.4) is 0 Å². The molecule has 1 saturated heterocycles. The number of piperidine rings is 1. The van der Waals surface area contributed by atoms with E-state index in [2.05, 4.69) is 15.0 Å². The molecule has 0 unspecified atom stereocenters. The largest absolute Gasteiger partial charge is 0.481 e. The van der Waals surface area contributed by atoms with Crippen LogP contribution in [0.1, 0.15) is 51.4 Å². The number of anilines is 1. The Bertz CT molecular complexity index is 1430. The molecule has 13 nitrogen and oxygen atoms in total. The van der Waals surface area contributed by atoms with Crippen LogP contribution < -0.4 is 9.62 Å². The van der Waals surface area contributed by atoms with E-state index in [4.69, 9.17) is 12.9 Å². The Morgan fingerprint density at radius 2 is 1.52 bits per heavy atom. The van der Waals surface area contributed by atoms with Crippen LogP contribution in [0.4, 0.5) is 17.1 Å². The van der Waals surface area contributed by atoms with E-state index in [-0.39, 0.29) is 36.8 Å². The predicted octanol–water partition coefficient (Wildman–Crippen LogP) is 5.39. The van der Waals surface area contributed by atoms with Gasteiger partial charge in [0.1, 0.15) is 23.0 Å². The molecule has 0 aliphatic carbocycles. The molecule has 2 N–H and O–H groups in total. The van der Waals surface area contributed by atoms with Crippen LogP contribution in [-0.4, -0.2) is 83.2 Å². The molecule has 0 saturated carbocycles. The minimum absolute atomic E-state index is 0.0332. The van der Waals surface area contributed by atoms with E-state index in [1.165, 1.54) is 12.1 Å². The van der Waals surface area contributed by atoms with Gasteiger partial charge in [0.05, 0.1) is 42.3 Å². The van der Waals surface area contributed by atoms with Gasteiger partial charge < -0.3 is 22.7 Å². The molecule has 3 rings (SSSR count). The molecular weight excluding hydrogens is 729 g/mol. The second kappa shape index (κ2) is 18.3. The number of carboxylic acids is 1. The molecule has 1 heterocycles. The molecule has 0 spiro atoms. The fraction of sp³-hybridized carbons (Fsp3) is 0.516. The zero-order valence-electron chi connectivity index (χ0n) is 26.2. The Morgan fingerprint density at radius 3 is 2.09 bits per heavy atom. The number of esters is 1. The number of hydrogen-bond acceptors (Lipinski definition) is 10. The first kappa shape index (κ1) is 37.3. The lowest BCUT2D eigenvalue weighted by molar-refractivity contribution is -0.153. The van der Waals surface area contributed by atoms with Crippen LogP contribution in [0, 0.1) is 5.41 Å². The second-order valence-corrected chi connectivity index (χ2v) is 13.9. The highest BCUT2D eigenvalue weighted by atomic mass is 127. The second-order valence-electron chi connectivity index (χ2n) is 11.5. The highest BCUT2D eigenvalue weighted by molar-refractivity contribution is 14.1. The van der Waals surface area contributed by atoms with Crippen molar-refractivity contribution in [3.05, 3.63) is 48.5 Å². The number of carbonyl (C=O) groups is 3. The molecule has 46 heavy (non-hydrogen) atoms. The van der Waals surface area contributed by atoms with Crippen molar-refractivity contribution in [2.75, 3.05) is 51.8 Å². The normalized spacial score (nSPS) is 14.7. The molecule has 2 aromatic rings. The smallest absolute Gasteiger partial charge is 0.306 e. The van der Waals surface area contributed by atoms with Crippen molar-refractivity contribution in [2.45, 2.75) is 56.3 Å². The van der Waals surface area contributed by atoms with E-state index < -0.39 is 27.4 Å². The predicted molar refractivity (Wildman–Crippen MR) is 181 cm³/mol. The van der Waals surface area contributed by atoms with Gasteiger partial charge in [0.25, 0.3) is 0 Å². The number of azo groups is 1. The highest BCUT2D eigenvalue weighted by Gasteiger charge is 2.37. The molecule has 0 radical (unpaired) electrons. The van der Waals surface area contributed by atoms with Crippen molar-refractivity contribution in [3.8, 4) is 0 Å². The minimum atomic E-state index is -3.68. The summed E-state index contributed by atoms with van der Waals surface area (Å²) >= 11 is 1.80. The summed E-state index contributed by atoms with van der Waals surface area (Å²) in [6.07, 6.45) is 3.02. The Hall–Kier alpha value is -3.15. The minimum Gasteiger partial charge on any atom is -0.481 e. The molecule has 1 fully saturated rings. The summed E-state index contributed by atoms with van der Waals surface area (Å²) < 4.78 is 38.7. The summed E-state index contributed by atoms with van der Waals surface area (Å²) in [5.74, 6) is -1.58. The number of benzene rings is 2. The average Bonchev–Trinajstić information content (AvgIpc) is 3.04. The van der Waals surface area contributed by atoms with Gasteiger partial charge in [0, 0.05) is 51.3 Å². The van der Waals surface area contributed by atoms with Gasteiger partial charge in [0.2, 0.25) is 15.9 Å². The van der Waals surface area contributed by atoms with Crippen LogP contribution in [0.2, 0.25) is 0 Å². The van der Waals surface area contributed by atoms with Gasteiger partial charge in [-0.3, -0.25) is 14.4 Å². The third-order valence-electron chi connectivity index (χ3n) is 7.77. The number of nitrogens with one attached hydrogen (secondary N) is 1. The number of nitrogens with zero attached hydrogens (tertiary/aromatic N) is 4. The lowest BCUT2D eigenvalue weighted by Crippen LogP contribution is -2.47. The Kier molecular flexibility index (Phi) is 14.8. The average molecular weight is 772 g/mol. The zero-order valence-corrected chi connectivity index (χ0v) is 29.2. The molecule has 2 aromatic carbocycles. The van der Waals surface area contributed by atoms with Gasteiger partial charge in [-0.25, -0.2) is 13.1 Å². The standard InChI is InChI=1S/C31H42IN5O8S/c1-36(2)26-11-7-24(8-12-26)34-35-25-9-13-27(14-10-25)46(42,43)33-19-5-3-4-6-28(38)37-20-17-31(18-21-37,23-45-32)22-44-30(41)16-15-29(39)40/h7-14,33H,3-6,15-23H2,1-2H3,(H,39,40). The SMILES string of the molecule is CN(C)c1ccc(N=Nc2ccc(S(=O)(=O)NCCCCCC(=O)N3CCC(COI)(COC(=O)CCC(=O)O)CC3)cc2)cc1. The van der Waals surface area contributed by atoms with E-state index in [9.17, 15) is 22.8 Å². The van der Waals surface area contributed by atoms with E-state index >= 15 is 0 Å². The molecular formula is C31H42IN5O8S. The molecule has 0 atom stereocenters. The van der Waals surface area contributed by atoms with Crippen molar-refractivity contribution in [3.63, 3.8) is 0 Å². The van der Waals surface area contributed by atoms with Gasteiger partial charge in [-0.15, -0.1) is 0 Å². The van der Waals surface area contributed by atoms with E-state index in [1.807, 2.05) is 43.3 Å². The highest BCUT2D eigenvalue weighted by Crippen LogP contribution is 2.33. The molecule has 0 aromatic heterocycles. The van der Waals surface area contributed by atoms with Gasteiger partial charge in [-0.05, 0) is 74.2 Å². The van der Waals surface area contributed by atoms with E-state index in [1.54, 1.807) is 40.0 Å². The van der Waals surface area contributed by atoms with Crippen LogP contribution >= 0.6 is 23.0 Å². The summed E-state index contributed by atoms with van der Waals surface area (Å²) in [7, 11) is 0.232. The number of unbranched alkanes of at least 4 members (excludes halogenated alkanes) is 2. The van der Waals surface area contributed by atoms with Crippen LogP contribution in [0.5, 0.6) is 0 Å². The molecule has 252 valence electrons. The van der Waals surface area contributed by atoms with Crippen molar-refractivity contribution in [2.24, 2.45) is 15.6 Å². The summed E-state index contributed by atoms with van der Waals surface area (Å²) in [5, 5.41) is 17.1. The topological polar surface area (TPSA) is 167 Å². The lowest BCUT2D eigenvalue weighted by Gasteiger charge is -2.40.